The van der Waals surface area contributed by atoms with Crippen molar-refractivity contribution in [3.05, 3.63) is 59.1 Å². The van der Waals surface area contributed by atoms with Crippen molar-refractivity contribution in [2.24, 2.45) is 0 Å². The number of rotatable bonds is 4. The van der Waals surface area contributed by atoms with Crippen LogP contribution in [0.3, 0.4) is 0 Å². The van der Waals surface area contributed by atoms with Gasteiger partial charge in [0.15, 0.2) is 0 Å². The molecule has 1 atom stereocenters. The Morgan fingerprint density at radius 3 is 2.44 bits per heavy atom. The van der Waals surface area contributed by atoms with Crippen molar-refractivity contribution in [3.8, 4) is 0 Å². The SMILES string of the molecule is Cc1ccoc1CNC(C)c1c(F)cccc1F. The Morgan fingerprint density at radius 1 is 1.22 bits per heavy atom. The summed E-state index contributed by atoms with van der Waals surface area (Å²) in [6.45, 7) is 4.09. The van der Waals surface area contributed by atoms with Gasteiger partial charge >= 0.3 is 0 Å². The zero-order chi connectivity index (χ0) is 13.1. The molecule has 18 heavy (non-hydrogen) atoms. The predicted octanol–water partition coefficient (Wildman–Crippen LogP) is 3.72. The van der Waals surface area contributed by atoms with E-state index in [1.165, 1.54) is 18.2 Å². The highest BCUT2D eigenvalue weighted by Crippen LogP contribution is 2.21. The summed E-state index contributed by atoms with van der Waals surface area (Å²) in [7, 11) is 0. The van der Waals surface area contributed by atoms with Gasteiger partial charge in [0.25, 0.3) is 0 Å². The van der Waals surface area contributed by atoms with Crippen molar-refractivity contribution < 1.29 is 13.2 Å². The standard InChI is InChI=1S/C14H15F2NO/c1-9-6-7-18-13(9)8-17-10(2)14-11(15)4-3-5-12(14)16/h3-7,10,17H,8H2,1-2H3. The van der Waals surface area contributed by atoms with E-state index in [2.05, 4.69) is 5.32 Å². The van der Waals surface area contributed by atoms with Crippen LogP contribution in [0.2, 0.25) is 0 Å². The molecule has 1 aromatic heterocycles. The molecule has 96 valence electrons. The summed E-state index contributed by atoms with van der Waals surface area (Å²) < 4.78 is 32.3. The van der Waals surface area contributed by atoms with Gasteiger partial charge in [-0.3, -0.25) is 0 Å². The fourth-order valence-electron chi connectivity index (χ4n) is 1.86. The van der Waals surface area contributed by atoms with Gasteiger partial charge in [-0.05, 0) is 37.6 Å². The van der Waals surface area contributed by atoms with Crippen molar-refractivity contribution in [1.82, 2.24) is 5.32 Å². The fourth-order valence-corrected chi connectivity index (χ4v) is 1.86. The van der Waals surface area contributed by atoms with Gasteiger partial charge in [0, 0.05) is 11.6 Å². The first-order valence-corrected chi connectivity index (χ1v) is 5.80. The molecule has 0 radical (unpaired) electrons. The molecule has 4 heteroatoms. The Morgan fingerprint density at radius 2 is 1.89 bits per heavy atom. The average Bonchev–Trinajstić information content (AvgIpc) is 2.72. The lowest BCUT2D eigenvalue weighted by atomic mass is 10.1. The summed E-state index contributed by atoms with van der Waals surface area (Å²) in [5.41, 5.74) is 1.07. The highest BCUT2D eigenvalue weighted by atomic mass is 19.1. The summed E-state index contributed by atoms with van der Waals surface area (Å²) in [4.78, 5) is 0. The number of nitrogens with one attached hydrogen (secondary N) is 1. The van der Waals surface area contributed by atoms with Gasteiger partial charge in [-0.1, -0.05) is 6.07 Å². The highest BCUT2D eigenvalue weighted by molar-refractivity contribution is 5.23. The lowest BCUT2D eigenvalue weighted by Crippen LogP contribution is -2.20. The smallest absolute Gasteiger partial charge is 0.130 e. The molecule has 0 fully saturated rings. The van der Waals surface area contributed by atoms with E-state index >= 15 is 0 Å². The first kappa shape index (κ1) is 12.8. The van der Waals surface area contributed by atoms with Crippen molar-refractivity contribution >= 4 is 0 Å². The third-order valence-electron chi connectivity index (χ3n) is 2.97. The number of furan rings is 1. The van der Waals surface area contributed by atoms with Crippen LogP contribution in [0.5, 0.6) is 0 Å². The van der Waals surface area contributed by atoms with E-state index in [-0.39, 0.29) is 5.56 Å². The molecule has 0 aliphatic heterocycles. The summed E-state index contributed by atoms with van der Waals surface area (Å²) in [6.07, 6.45) is 1.60. The Labute approximate surface area is 105 Å². The first-order chi connectivity index (χ1) is 8.59. The highest BCUT2D eigenvalue weighted by Gasteiger charge is 2.16. The van der Waals surface area contributed by atoms with E-state index in [4.69, 9.17) is 4.42 Å². The van der Waals surface area contributed by atoms with Gasteiger partial charge in [-0.2, -0.15) is 0 Å². The van der Waals surface area contributed by atoms with E-state index in [0.717, 1.165) is 11.3 Å². The second-order valence-corrected chi connectivity index (χ2v) is 4.26. The number of aryl methyl sites for hydroxylation is 1. The lowest BCUT2D eigenvalue weighted by Gasteiger charge is -2.15. The Kier molecular flexibility index (Phi) is 3.77. The predicted molar refractivity (Wildman–Crippen MR) is 65.1 cm³/mol. The Hall–Kier alpha value is -1.68. The van der Waals surface area contributed by atoms with Gasteiger partial charge < -0.3 is 9.73 Å². The van der Waals surface area contributed by atoms with Crippen LogP contribution in [0.15, 0.2) is 34.9 Å². The molecule has 1 N–H and O–H groups in total. The van der Waals surface area contributed by atoms with Crippen molar-refractivity contribution in [3.63, 3.8) is 0 Å². The molecule has 0 aliphatic carbocycles. The summed E-state index contributed by atoms with van der Waals surface area (Å²) in [5.74, 6) is -0.295. The van der Waals surface area contributed by atoms with Crippen LogP contribution in [-0.4, -0.2) is 0 Å². The molecular weight excluding hydrogens is 236 g/mol. The molecule has 2 nitrogen and oxygen atoms in total. The maximum Gasteiger partial charge on any atom is 0.130 e. The van der Waals surface area contributed by atoms with Crippen LogP contribution >= 0.6 is 0 Å². The topological polar surface area (TPSA) is 25.2 Å². The molecule has 0 bridgehead atoms. The Bertz CT molecular complexity index is 516. The van der Waals surface area contributed by atoms with Gasteiger partial charge in [0.2, 0.25) is 0 Å². The molecule has 1 unspecified atom stereocenters. The van der Waals surface area contributed by atoms with E-state index in [1.807, 2.05) is 13.0 Å². The van der Waals surface area contributed by atoms with E-state index in [0.29, 0.717) is 6.54 Å². The van der Waals surface area contributed by atoms with Crippen LogP contribution in [-0.2, 0) is 6.54 Å². The molecule has 0 saturated heterocycles. The van der Waals surface area contributed by atoms with Crippen LogP contribution in [0.1, 0.15) is 29.9 Å². The number of halogens is 2. The minimum atomic E-state index is -0.536. The quantitative estimate of drug-likeness (QED) is 0.896. The van der Waals surface area contributed by atoms with Crippen LogP contribution in [0.4, 0.5) is 8.78 Å². The second kappa shape index (κ2) is 5.31. The zero-order valence-corrected chi connectivity index (χ0v) is 10.3. The summed E-state index contributed by atoms with van der Waals surface area (Å²) in [6, 6.07) is 5.31. The largest absolute Gasteiger partial charge is 0.468 e. The fraction of sp³-hybridized carbons (Fsp3) is 0.286. The third-order valence-corrected chi connectivity index (χ3v) is 2.97. The molecule has 0 spiro atoms. The average molecular weight is 251 g/mol. The number of hydrogen-bond donors (Lipinski definition) is 1. The lowest BCUT2D eigenvalue weighted by molar-refractivity contribution is 0.439. The first-order valence-electron chi connectivity index (χ1n) is 5.80. The second-order valence-electron chi connectivity index (χ2n) is 4.26. The van der Waals surface area contributed by atoms with Gasteiger partial charge in [-0.15, -0.1) is 0 Å². The van der Waals surface area contributed by atoms with E-state index in [9.17, 15) is 8.78 Å². The number of benzene rings is 1. The molecular formula is C14H15F2NO. The maximum absolute atomic E-state index is 13.5. The van der Waals surface area contributed by atoms with Crippen molar-refractivity contribution in [2.75, 3.05) is 0 Å². The van der Waals surface area contributed by atoms with Gasteiger partial charge in [0.05, 0.1) is 12.8 Å². The molecule has 1 aromatic carbocycles. The Balaban J connectivity index is 2.08. The van der Waals surface area contributed by atoms with Crippen LogP contribution < -0.4 is 5.32 Å². The zero-order valence-electron chi connectivity index (χ0n) is 10.3. The molecule has 0 amide bonds. The van der Waals surface area contributed by atoms with E-state index in [1.54, 1.807) is 13.2 Å². The minimum absolute atomic E-state index is 0.0571. The molecule has 0 saturated carbocycles. The monoisotopic (exact) mass is 251 g/mol. The van der Waals surface area contributed by atoms with Crippen molar-refractivity contribution in [1.29, 1.82) is 0 Å². The maximum atomic E-state index is 13.5. The van der Waals surface area contributed by atoms with E-state index < -0.39 is 17.7 Å². The van der Waals surface area contributed by atoms with Gasteiger partial charge in [-0.25, -0.2) is 8.78 Å². The van der Waals surface area contributed by atoms with Gasteiger partial charge in [0.1, 0.15) is 17.4 Å². The van der Waals surface area contributed by atoms with Crippen LogP contribution in [0.25, 0.3) is 0 Å². The normalized spacial score (nSPS) is 12.7. The third kappa shape index (κ3) is 2.59. The summed E-state index contributed by atoms with van der Waals surface area (Å²) >= 11 is 0. The number of hydrogen-bond acceptors (Lipinski definition) is 2. The molecule has 2 rings (SSSR count). The molecule has 0 aliphatic rings. The summed E-state index contributed by atoms with van der Waals surface area (Å²) in [5, 5.41) is 3.05. The minimum Gasteiger partial charge on any atom is -0.468 e. The van der Waals surface area contributed by atoms with Crippen LogP contribution in [0, 0.1) is 18.6 Å². The van der Waals surface area contributed by atoms with Crippen molar-refractivity contribution in [2.45, 2.75) is 26.4 Å². The molecule has 2 aromatic rings. The molecule has 1 heterocycles.